The number of carbonyl (C=O) groups is 1. The zero-order valence-electron chi connectivity index (χ0n) is 8.38. The molecule has 0 heterocycles. The van der Waals surface area contributed by atoms with Gasteiger partial charge in [0.15, 0.2) is 0 Å². The van der Waals surface area contributed by atoms with Crippen molar-refractivity contribution in [3.05, 3.63) is 12.7 Å². The van der Waals surface area contributed by atoms with Gasteiger partial charge in [-0.15, -0.1) is 6.58 Å². The van der Waals surface area contributed by atoms with Gasteiger partial charge in [0, 0.05) is 6.61 Å². The van der Waals surface area contributed by atoms with E-state index in [-0.39, 0.29) is 0 Å². The molecule has 0 unspecified atom stereocenters. The lowest BCUT2D eigenvalue weighted by Gasteiger charge is -2.18. The predicted octanol–water partition coefficient (Wildman–Crippen LogP) is 2.08. The number of ether oxygens (including phenoxy) is 1. The first-order valence-electron chi connectivity index (χ1n) is 4.43. The molecule has 0 aliphatic rings. The van der Waals surface area contributed by atoms with Crippen LogP contribution in [-0.4, -0.2) is 24.3 Å². The van der Waals surface area contributed by atoms with Gasteiger partial charge in [0.05, 0.1) is 12.0 Å². The number of carboxylic acid groups (broad SMARTS) is 1. The Bertz CT molecular complexity index is 173. The lowest BCUT2D eigenvalue weighted by Crippen LogP contribution is -2.23. The van der Waals surface area contributed by atoms with Gasteiger partial charge < -0.3 is 9.84 Å². The first-order valence-corrected chi connectivity index (χ1v) is 4.43. The molecule has 0 atom stereocenters. The molecular weight excluding hydrogens is 168 g/mol. The van der Waals surface area contributed by atoms with Gasteiger partial charge >= 0.3 is 5.97 Å². The maximum absolute atomic E-state index is 10.7. The van der Waals surface area contributed by atoms with Crippen LogP contribution >= 0.6 is 0 Å². The molecule has 1 N–H and O–H groups in total. The van der Waals surface area contributed by atoms with Crippen LogP contribution in [0.2, 0.25) is 0 Å². The number of carboxylic acids is 1. The molecule has 76 valence electrons. The fraction of sp³-hybridized carbons (Fsp3) is 0.700. The minimum Gasteiger partial charge on any atom is -0.481 e. The van der Waals surface area contributed by atoms with Crippen molar-refractivity contribution < 1.29 is 14.6 Å². The fourth-order valence-corrected chi connectivity index (χ4v) is 0.890. The van der Waals surface area contributed by atoms with Crippen LogP contribution in [0.4, 0.5) is 0 Å². The van der Waals surface area contributed by atoms with Gasteiger partial charge in [-0.05, 0) is 26.7 Å². The molecule has 0 aromatic carbocycles. The third-order valence-electron chi connectivity index (χ3n) is 1.91. The van der Waals surface area contributed by atoms with Gasteiger partial charge in [-0.2, -0.15) is 0 Å². The van der Waals surface area contributed by atoms with E-state index in [2.05, 4.69) is 6.58 Å². The molecule has 3 heteroatoms. The molecule has 0 aromatic rings. The van der Waals surface area contributed by atoms with Crippen molar-refractivity contribution >= 4 is 5.97 Å². The van der Waals surface area contributed by atoms with Crippen molar-refractivity contribution in [1.29, 1.82) is 0 Å². The highest BCUT2D eigenvalue weighted by Gasteiger charge is 2.25. The zero-order valence-corrected chi connectivity index (χ0v) is 8.38. The molecule has 0 bridgehead atoms. The molecule has 13 heavy (non-hydrogen) atoms. The van der Waals surface area contributed by atoms with Crippen molar-refractivity contribution in [1.82, 2.24) is 0 Å². The minimum atomic E-state index is -0.753. The average Bonchev–Trinajstić information content (AvgIpc) is 2.03. The summed E-state index contributed by atoms with van der Waals surface area (Å²) in [5.41, 5.74) is -0.641. The molecule has 0 fully saturated rings. The first-order chi connectivity index (χ1) is 6.00. The van der Waals surface area contributed by atoms with Gasteiger partial charge in [0.2, 0.25) is 0 Å². The summed E-state index contributed by atoms with van der Waals surface area (Å²) in [6.45, 7) is 8.10. The summed E-state index contributed by atoms with van der Waals surface area (Å²) in [7, 11) is 0. The third kappa shape index (κ3) is 5.42. The summed E-state index contributed by atoms with van der Waals surface area (Å²) in [4.78, 5) is 10.7. The summed E-state index contributed by atoms with van der Waals surface area (Å²) in [5, 5.41) is 8.79. The summed E-state index contributed by atoms with van der Waals surface area (Å²) in [6.07, 6.45) is 3.09. The Morgan fingerprint density at radius 1 is 1.62 bits per heavy atom. The van der Waals surface area contributed by atoms with Crippen LogP contribution < -0.4 is 0 Å². The van der Waals surface area contributed by atoms with Crippen molar-refractivity contribution in [2.45, 2.75) is 26.7 Å². The second-order valence-corrected chi connectivity index (χ2v) is 3.66. The molecular formula is C10H18O3. The van der Waals surface area contributed by atoms with E-state index in [0.717, 1.165) is 6.42 Å². The molecule has 3 nitrogen and oxygen atoms in total. The maximum atomic E-state index is 10.7. The van der Waals surface area contributed by atoms with Crippen molar-refractivity contribution in [2.75, 3.05) is 13.2 Å². The Hall–Kier alpha value is -0.830. The SMILES string of the molecule is C=CCOCCCC(C)(C)C(=O)O. The van der Waals surface area contributed by atoms with E-state index < -0.39 is 11.4 Å². The van der Waals surface area contributed by atoms with Gasteiger partial charge in [-0.25, -0.2) is 0 Å². The van der Waals surface area contributed by atoms with Crippen LogP contribution in [0.3, 0.4) is 0 Å². The molecule has 0 aromatic heterocycles. The highest BCUT2D eigenvalue weighted by atomic mass is 16.5. The van der Waals surface area contributed by atoms with Gasteiger partial charge in [0.1, 0.15) is 0 Å². The minimum absolute atomic E-state index is 0.535. The van der Waals surface area contributed by atoms with Gasteiger partial charge in [-0.3, -0.25) is 4.79 Å². The normalized spacial score (nSPS) is 11.2. The zero-order chi connectivity index (χ0) is 10.3. The summed E-state index contributed by atoms with van der Waals surface area (Å²) in [6, 6.07) is 0. The van der Waals surface area contributed by atoms with Gasteiger partial charge in [0.25, 0.3) is 0 Å². The van der Waals surface area contributed by atoms with E-state index in [1.54, 1.807) is 19.9 Å². The third-order valence-corrected chi connectivity index (χ3v) is 1.91. The van der Waals surface area contributed by atoms with Crippen LogP contribution in [0.1, 0.15) is 26.7 Å². The topological polar surface area (TPSA) is 46.5 Å². The molecule has 0 saturated heterocycles. The second kappa shape index (κ2) is 5.75. The van der Waals surface area contributed by atoms with E-state index in [0.29, 0.717) is 19.6 Å². The van der Waals surface area contributed by atoms with Crippen molar-refractivity contribution in [2.24, 2.45) is 5.41 Å². The molecule has 0 aliphatic carbocycles. The Labute approximate surface area is 79.4 Å². The molecule has 0 amide bonds. The number of aliphatic carboxylic acids is 1. The highest BCUT2D eigenvalue weighted by Crippen LogP contribution is 2.22. The van der Waals surface area contributed by atoms with E-state index in [1.807, 2.05) is 0 Å². The van der Waals surface area contributed by atoms with Crippen molar-refractivity contribution in [3.8, 4) is 0 Å². The number of hydrogen-bond acceptors (Lipinski definition) is 2. The molecule has 0 radical (unpaired) electrons. The van der Waals surface area contributed by atoms with E-state index in [4.69, 9.17) is 9.84 Å². The average molecular weight is 186 g/mol. The van der Waals surface area contributed by atoms with Crippen LogP contribution in [-0.2, 0) is 9.53 Å². The molecule has 0 spiro atoms. The van der Waals surface area contributed by atoms with Crippen LogP contribution in [0.5, 0.6) is 0 Å². The molecule has 0 saturated carbocycles. The van der Waals surface area contributed by atoms with Crippen molar-refractivity contribution in [3.63, 3.8) is 0 Å². The monoisotopic (exact) mass is 186 g/mol. The Morgan fingerprint density at radius 2 is 2.23 bits per heavy atom. The first kappa shape index (κ1) is 12.2. The largest absolute Gasteiger partial charge is 0.481 e. The standard InChI is InChI=1S/C10H18O3/c1-4-7-13-8-5-6-10(2,3)9(11)12/h4H,1,5-8H2,2-3H3,(H,11,12). The van der Waals surface area contributed by atoms with E-state index in [9.17, 15) is 4.79 Å². The maximum Gasteiger partial charge on any atom is 0.309 e. The summed E-state index contributed by atoms with van der Waals surface area (Å²) in [5.74, 6) is -0.753. The van der Waals surface area contributed by atoms with Gasteiger partial charge in [-0.1, -0.05) is 6.08 Å². The fourth-order valence-electron chi connectivity index (χ4n) is 0.890. The van der Waals surface area contributed by atoms with E-state index >= 15 is 0 Å². The van der Waals surface area contributed by atoms with Crippen LogP contribution in [0.25, 0.3) is 0 Å². The Balaban J connectivity index is 3.52. The lowest BCUT2D eigenvalue weighted by molar-refractivity contribution is -0.147. The lowest BCUT2D eigenvalue weighted by atomic mass is 9.88. The van der Waals surface area contributed by atoms with Crippen LogP contribution in [0, 0.1) is 5.41 Å². The Kier molecular flexibility index (Phi) is 5.39. The molecule has 0 rings (SSSR count). The smallest absolute Gasteiger partial charge is 0.309 e. The highest BCUT2D eigenvalue weighted by molar-refractivity contribution is 5.73. The summed E-state index contributed by atoms with van der Waals surface area (Å²) < 4.78 is 5.15. The molecule has 0 aliphatic heterocycles. The van der Waals surface area contributed by atoms with Crippen LogP contribution in [0.15, 0.2) is 12.7 Å². The Morgan fingerprint density at radius 3 is 2.69 bits per heavy atom. The second-order valence-electron chi connectivity index (χ2n) is 3.66. The predicted molar refractivity (Wildman–Crippen MR) is 51.7 cm³/mol. The number of hydrogen-bond donors (Lipinski definition) is 1. The quantitative estimate of drug-likeness (QED) is 0.489. The van der Waals surface area contributed by atoms with E-state index in [1.165, 1.54) is 0 Å². The summed E-state index contributed by atoms with van der Waals surface area (Å²) >= 11 is 0. The number of rotatable bonds is 7.